The zero-order chi connectivity index (χ0) is 9.03. The van der Waals surface area contributed by atoms with Crippen molar-refractivity contribution in [1.29, 1.82) is 0 Å². The number of nitrogens with zero attached hydrogens (tertiary/aromatic N) is 1. The molecular weight excluding hydrogens is 174 g/mol. The van der Waals surface area contributed by atoms with Crippen molar-refractivity contribution >= 4 is 10.0 Å². The summed E-state index contributed by atoms with van der Waals surface area (Å²) in [6.07, 6.45) is 1.07. The standard InChI is InChI=1S/C8H9NO2S/c1-12(10,11)9-8-6-4-2-3-5-7-8/h2-7H,1H3. The molecule has 1 aromatic rings. The molecule has 1 aromatic carbocycles. The molecule has 0 aliphatic heterocycles. The van der Waals surface area contributed by atoms with Crippen LogP contribution in [0.15, 0.2) is 40.8 Å². The first kappa shape index (κ1) is 8.93. The van der Waals surface area contributed by atoms with E-state index in [1.165, 1.54) is 0 Å². The lowest BCUT2D eigenvalue weighted by molar-refractivity contribution is 0.602. The Morgan fingerprint density at radius 3 is 2.00 bits per heavy atom. The van der Waals surface area contributed by atoms with E-state index in [1.807, 2.05) is 0 Å². The third-order valence-corrected chi connectivity index (χ3v) is 1.68. The van der Waals surface area contributed by atoms with Gasteiger partial charge in [-0.05, 0) is 12.1 Å². The van der Waals surface area contributed by atoms with Gasteiger partial charge in [-0.25, -0.2) is 8.42 Å². The third-order valence-electron chi connectivity index (χ3n) is 1.14. The Hall–Kier alpha value is -1.16. The molecule has 0 fully saturated rings. The fourth-order valence-electron chi connectivity index (χ4n) is 0.744. The molecule has 12 heavy (non-hydrogen) atoms. The van der Waals surface area contributed by atoms with Gasteiger partial charge in [-0.2, -0.15) is 4.40 Å². The Bertz CT molecular complexity index is 401. The molecule has 0 aromatic heterocycles. The van der Waals surface area contributed by atoms with Gasteiger partial charge < -0.3 is 0 Å². The normalized spacial score (nSPS) is 10.8. The lowest BCUT2D eigenvalue weighted by Gasteiger charge is -1.82. The number of hydrogen-bond acceptors (Lipinski definition) is 2. The first-order chi connectivity index (χ1) is 5.58. The zero-order valence-corrected chi connectivity index (χ0v) is 7.45. The van der Waals surface area contributed by atoms with Crippen molar-refractivity contribution in [2.45, 2.75) is 0 Å². The Kier molecular flexibility index (Phi) is 2.60. The maximum absolute atomic E-state index is 10.7. The minimum atomic E-state index is -3.28. The van der Waals surface area contributed by atoms with E-state index >= 15 is 0 Å². The lowest BCUT2D eigenvalue weighted by Crippen LogP contribution is -2.02. The molecule has 0 radical (unpaired) electrons. The van der Waals surface area contributed by atoms with E-state index in [-0.39, 0.29) is 0 Å². The van der Waals surface area contributed by atoms with Crippen LogP contribution in [-0.4, -0.2) is 14.7 Å². The average Bonchev–Trinajstić information content (AvgIpc) is 2.12. The summed E-state index contributed by atoms with van der Waals surface area (Å²) in [5.41, 5.74) is 0. The summed E-state index contributed by atoms with van der Waals surface area (Å²) in [5.74, 6) is 0. The predicted molar refractivity (Wildman–Crippen MR) is 46.8 cm³/mol. The highest BCUT2D eigenvalue weighted by Gasteiger charge is 1.92. The van der Waals surface area contributed by atoms with Crippen LogP contribution in [0.1, 0.15) is 0 Å². The topological polar surface area (TPSA) is 46.5 Å². The van der Waals surface area contributed by atoms with E-state index in [2.05, 4.69) is 4.40 Å². The summed E-state index contributed by atoms with van der Waals surface area (Å²) in [6.45, 7) is 0. The number of hydrogen-bond donors (Lipinski definition) is 0. The smallest absolute Gasteiger partial charge is 0.205 e. The summed E-state index contributed by atoms with van der Waals surface area (Å²) in [6, 6.07) is 10.4. The maximum Gasteiger partial charge on any atom is 0.250 e. The molecule has 0 spiro atoms. The van der Waals surface area contributed by atoms with Crippen LogP contribution in [0.25, 0.3) is 0 Å². The quantitative estimate of drug-likeness (QED) is 0.638. The SMILES string of the molecule is CS(=O)(=O)N=c1cccccc1. The van der Waals surface area contributed by atoms with Crippen LogP contribution in [0.5, 0.6) is 0 Å². The van der Waals surface area contributed by atoms with Crippen LogP contribution < -0.4 is 5.36 Å². The van der Waals surface area contributed by atoms with Crippen LogP contribution in [0.4, 0.5) is 0 Å². The highest BCUT2D eigenvalue weighted by Crippen LogP contribution is 1.82. The van der Waals surface area contributed by atoms with E-state index in [4.69, 9.17) is 0 Å². The molecule has 0 N–H and O–H groups in total. The minimum absolute atomic E-state index is 0.447. The van der Waals surface area contributed by atoms with Gasteiger partial charge in [0.25, 0.3) is 10.0 Å². The average molecular weight is 183 g/mol. The highest BCUT2D eigenvalue weighted by molar-refractivity contribution is 7.89. The van der Waals surface area contributed by atoms with Gasteiger partial charge >= 0.3 is 0 Å². The zero-order valence-electron chi connectivity index (χ0n) is 6.64. The third kappa shape index (κ3) is 3.30. The van der Waals surface area contributed by atoms with Gasteiger partial charge in [0.2, 0.25) is 0 Å². The molecule has 0 saturated carbocycles. The van der Waals surface area contributed by atoms with Crippen molar-refractivity contribution in [1.82, 2.24) is 0 Å². The molecule has 0 amide bonds. The van der Waals surface area contributed by atoms with Crippen molar-refractivity contribution in [3.8, 4) is 0 Å². The van der Waals surface area contributed by atoms with Crippen LogP contribution in [-0.2, 0) is 10.0 Å². The highest BCUT2D eigenvalue weighted by atomic mass is 32.2. The van der Waals surface area contributed by atoms with E-state index < -0.39 is 10.0 Å². The van der Waals surface area contributed by atoms with Gasteiger partial charge in [-0.1, -0.05) is 24.3 Å². The van der Waals surface area contributed by atoms with E-state index in [0.29, 0.717) is 5.36 Å². The second kappa shape index (κ2) is 3.49. The molecule has 3 nitrogen and oxygen atoms in total. The van der Waals surface area contributed by atoms with E-state index in [9.17, 15) is 8.42 Å². The lowest BCUT2D eigenvalue weighted by atomic mass is 10.5. The summed E-state index contributed by atoms with van der Waals surface area (Å²) in [5, 5.41) is 0.447. The maximum atomic E-state index is 10.7. The van der Waals surface area contributed by atoms with Crippen LogP contribution >= 0.6 is 0 Å². The molecule has 1 rings (SSSR count). The molecule has 4 heteroatoms. The van der Waals surface area contributed by atoms with E-state index in [1.54, 1.807) is 36.4 Å². The summed E-state index contributed by atoms with van der Waals surface area (Å²) in [4.78, 5) is 0. The van der Waals surface area contributed by atoms with Crippen LogP contribution in [0.3, 0.4) is 0 Å². The minimum Gasteiger partial charge on any atom is -0.205 e. The van der Waals surface area contributed by atoms with Crippen molar-refractivity contribution in [2.24, 2.45) is 4.40 Å². The van der Waals surface area contributed by atoms with Crippen LogP contribution in [0, 0.1) is 0 Å². The van der Waals surface area contributed by atoms with Gasteiger partial charge in [0.1, 0.15) is 0 Å². The molecule has 64 valence electrons. The Morgan fingerprint density at radius 2 is 1.58 bits per heavy atom. The molecule has 0 unspecified atom stereocenters. The predicted octanol–water partition coefficient (Wildman–Crippen LogP) is 0.547. The number of sulfonamides is 1. The fraction of sp³-hybridized carbons (Fsp3) is 0.125. The summed E-state index contributed by atoms with van der Waals surface area (Å²) >= 11 is 0. The molecule has 0 aliphatic rings. The van der Waals surface area contributed by atoms with Crippen molar-refractivity contribution in [3.63, 3.8) is 0 Å². The monoisotopic (exact) mass is 183 g/mol. The first-order valence-electron chi connectivity index (χ1n) is 3.39. The molecule has 0 heterocycles. The summed E-state index contributed by atoms with van der Waals surface area (Å²) < 4.78 is 25.0. The second-order valence-corrected chi connectivity index (χ2v) is 4.00. The number of rotatable bonds is 1. The van der Waals surface area contributed by atoms with Gasteiger partial charge in [-0.15, -0.1) is 0 Å². The summed E-state index contributed by atoms with van der Waals surface area (Å²) in [7, 11) is -3.28. The first-order valence-corrected chi connectivity index (χ1v) is 5.24. The van der Waals surface area contributed by atoms with Crippen molar-refractivity contribution < 1.29 is 8.42 Å². The largest absolute Gasteiger partial charge is 0.250 e. The second-order valence-electron chi connectivity index (χ2n) is 2.35. The van der Waals surface area contributed by atoms with E-state index in [0.717, 1.165) is 6.26 Å². The molecule has 0 aliphatic carbocycles. The van der Waals surface area contributed by atoms with Gasteiger partial charge in [-0.3, -0.25) is 0 Å². The molecular formula is C8H9NO2S. The Balaban J connectivity index is 3.33. The molecule has 0 saturated heterocycles. The molecule has 0 bridgehead atoms. The Morgan fingerprint density at radius 1 is 1.08 bits per heavy atom. The van der Waals surface area contributed by atoms with Gasteiger partial charge in [0, 0.05) is 0 Å². The van der Waals surface area contributed by atoms with Crippen molar-refractivity contribution in [2.75, 3.05) is 6.26 Å². The fourth-order valence-corrected chi connectivity index (χ4v) is 1.25. The Labute approximate surface area is 71.5 Å². The van der Waals surface area contributed by atoms with Crippen LogP contribution in [0.2, 0.25) is 0 Å². The molecule has 0 atom stereocenters. The van der Waals surface area contributed by atoms with Crippen molar-refractivity contribution in [3.05, 3.63) is 41.8 Å². The van der Waals surface area contributed by atoms with Gasteiger partial charge in [0.05, 0.1) is 11.6 Å². The van der Waals surface area contributed by atoms with Gasteiger partial charge in [0.15, 0.2) is 0 Å².